The molecule has 0 spiro atoms. The Morgan fingerprint density at radius 3 is 2.87 bits per heavy atom. The zero-order valence-electron chi connectivity index (χ0n) is 10.0. The van der Waals surface area contributed by atoms with E-state index in [1.54, 1.807) is 0 Å². The highest BCUT2D eigenvalue weighted by Gasteiger charge is 2.29. The van der Waals surface area contributed by atoms with E-state index < -0.39 is 0 Å². The van der Waals surface area contributed by atoms with Gasteiger partial charge in [-0.1, -0.05) is 6.42 Å². The third-order valence-corrected chi connectivity index (χ3v) is 5.23. The van der Waals surface area contributed by atoms with E-state index in [1.807, 2.05) is 0 Å². The Bertz CT molecular complexity index is 192. The molecule has 0 aromatic carbocycles. The van der Waals surface area contributed by atoms with Crippen LogP contribution >= 0.6 is 11.8 Å². The maximum atomic E-state index is 3.48. The van der Waals surface area contributed by atoms with E-state index in [1.165, 1.54) is 43.7 Å². The lowest BCUT2D eigenvalue weighted by atomic mass is 10.0. The molecule has 3 heteroatoms. The molecule has 0 aromatic rings. The van der Waals surface area contributed by atoms with Crippen molar-refractivity contribution < 1.29 is 0 Å². The lowest BCUT2D eigenvalue weighted by Crippen LogP contribution is -2.40. The summed E-state index contributed by atoms with van der Waals surface area (Å²) in [5.41, 5.74) is 0. The van der Waals surface area contributed by atoms with Crippen LogP contribution in [0.25, 0.3) is 0 Å². The van der Waals surface area contributed by atoms with Gasteiger partial charge < -0.3 is 10.2 Å². The third kappa shape index (κ3) is 2.89. The summed E-state index contributed by atoms with van der Waals surface area (Å²) in [5, 5.41) is 3.48. The second-order valence-corrected chi connectivity index (χ2v) is 6.19. The summed E-state index contributed by atoms with van der Waals surface area (Å²) in [6, 6.07) is 1.63. The molecule has 15 heavy (non-hydrogen) atoms. The minimum atomic E-state index is 0.779. The van der Waals surface area contributed by atoms with Crippen molar-refractivity contribution in [2.75, 3.05) is 32.1 Å². The van der Waals surface area contributed by atoms with Gasteiger partial charge in [0.25, 0.3) is 0 Å². The van der Waals surface area contributed by atoms with E-state index in [9.17, 15) is 0 Å². The van der Waals surface area contributed by atoms with Crippen LogP contribution in [-0.4, -0.2) is 49.1 Å². The smallest absolute Gasteiger partial charge is 0.0191 e. The third-order valence-electron chi connectivity index (χ3n) is 4.08. The molecule has 2 aliphatic rings. The van der Waals surface area contributed by atoms with Crippen LogP contribution in [0.15, 0.2) is 0 Å². The van der Waals surface area contributed by atoms with E-state index >= 15 is 0 Å². The van der Waals surface area contributed by atoms with Crippen molar-refractivity contribution in [3.8, 4) is 0 Å². The minimum absolute atomic E-state index is 0.779. The molecule has 2 nitrogen and oxygen atoms in total. The highest BCUT2D eigenvalue weighted by atomic mass is 32.2. The maximum absolute atomic E-state index is 3.48. The molecule has 2 fully saturated rings. The molecule has 1 N–H and O–H groups in total. The fourth-order valence-electron chi connectivity index (χ4n) is 3.02. The topological polar surface area (TPSA) is 15.3 Å². The first kappa shape index (κ1) is 11.7. The standard InChI is InChI=1S/C12H24N2S/c1-13-12-5-3-4-10(12)8-14(2)11-6-7-15-9-11/h10-13H,3-9H2,1-2H3. The number of nitrogens with zero attached hydrogens (tertiary/aromatic N) is 1. The summed E-state index contributed by atoms with van der Waals surface area (Å²) in [7, 11) is 4.44. The molecule has 1 aliphatic carbocycles. The minimum Gasteiger partial charge on any atom is -0.317 e. The van der Waals surface area contributed by atoms with Crippen molar-refractivity contribution in [1.29, 1.82) is 0 Å². The molecule has 3 atom stereocenters. The van der Waals surface area contributed by atoms with Crippen LogP contribution in [0.1, 0.15) is 25.7 Å². The predicted molar refractivity (Wildman–Crippen MR) is 68.5 cm³/mol. The Morgan fingerprint density at radius 1 is 1.33 bits per heavy atom. The maximum Gasteiger partial charge on any atom is 0.0191 e. The number of hydrogen-bond donors (Lipinski definition) is 1. The largest absolute Gasteiger partial charge is 0.317 e. The molecule has 88 valence electrons. The Labute approximate surface area is 98.2 Å². The van der Waals surface area contributed by atoms with Crippen LogP contribution in [0.4, 0.5) is 0 Å². The number of nitrogens with one attached hydrogen (secondary N) is 1. The van der Waals surface area contributed by atoms with Gasteiger partial charge in [-0.25, -0.2) is 0 Å². The van der Waals surface area contributed by atoms with Crippen LogP contribution in [0.2, 0.25) is 0 Å². The molecule has 3 unspecified atom stereocenters. The zero-order valence-corrected chi connectivity index (χ0v) is 10.9. The van der Waals surface area contributed by atoms with Gasteiger partial charge in [-0.3, -0.25) is 0 Å². The summed E-state index contributed by atoms with van der Waals surface area (Å²) in [6.45, 7) is 1.30. The van der Waals surface area contributed by atoms with Crippen LogP contribution in [0, 0.1) is 5.92 Å². The van der Waals surface area contributed by atoms with Crippen molar-refractivity contribution in [3.63, 3.8) is 0 Å². The van der Waals surface area contributed by atoms with Gasteiger partial charge in [0.05, 0.1) is 0 Å². The lowest BCUT2D eigenvalue weighted by Gasteiger charge is -2.29. The molecular weight excluding hydrogens is 204 g/mol. The second kappa shape index (κ2) is 5.55. The summed E-state index contributed by atoms with van der Waals surface area (Å²) in [6.07, 6.45) is 5.63. The van der Waals surface area contributed by atoms with Crippen LogP contribution < -0.4 is 5.32 Å². The quantitative estimate of drug-likeness (QED) is 0.790. The van der Waals surface area contributed by atoms with Gasteiger partial charge in [0.1, 0.15) is 0 Å². The van der Waals surface area contributed by atoms with Gasteiger partial charge >= 0.3 is 0 Å². The fraction of sp³-hybridized carbons (Fsp3) is 1.00. The SMILES string of the molecule is CNC1CCCC1CN(C)C1CCSC1. The van der Waals surface area contributed by atoms with E-state index in [4.69, 9.17) is 0 Å². The molecule has 2 rings (SSSR count). The van der Waals surface area contributed by atoms with E-state index in [0.29, 0.717) is 0 Å². The summed E-state index contributed by atoms with van der Waals surface area (Å²) >= 11 is 2.12. The molecule has 1 heterocycles. The molecular formula is C12H24N2S. The first-order chi connectivity index (χ1) is 7.31. The predicted octanol–water partition coefficient (Wildman–Crippen LogP) is 1.81. The van der Waals surface area contributed by atoms with Gasteiger partial charge in [0.2, 0.25) is 0 Å². The van der Waals surface area contributed by atoms with E-state index in [0.717, 1.165) is 18.0 Å². The fourth-order valence-corrected chi connectivity index (χ4v) is 4.32. The Kier molecular flexibility index (Phi) is 4.35. The molecule has 0 radical (unpaired) electrons. The van der Waals surface area contributed by atoms with Gasteiger partial charge in [-0.2, -0.15) is 11.8 Å². The molecule has 0 bridgehead atoms. The number of rotatable bonds is 4. The Hall–Kier alpha value is 0.270. The number of thioether (sulfide) groups is 1. The second-order valence-electron chi connectivity index (χ2n) is 5.04. The van der Waals surface area contributed by atoms with E-state index in [-0.39, 0.29) is 0 Å². The normalized spacial score (nSPS) is 36.6. The zero-order chi connectivity index (χ0) is 10.7. The van der Waals surface area contributed by atoms with Crippen molar-refractivity contribution in [1.82, 2.24) is 10.2 Å². The highest BCUT2D eigenvalue weighted by molar-refractivity contribution is 7.99. The lowest BCUT2D eigenvalue weighted by molar-refractivity contribution is 0.208. The van der Waals surface area contributed by atoms with Crippen molar-refractivity contribution in [3.05, 3.63) is 0 Å². The molecule has 1 saturated carbocycles. The molecule has 1 aliphatic heterocycles. The first-order valence-corrected chi connectivity index (χ1v) is 7.42. The van der Waals surface area contributed by atoms with Gasteiger partial charge in [0, 0.05) is 24.4 Å². The molecule has 0 aromatic heterocycles. The number of hydrogen-bond acceptors (Lipinski definition) is 3. The van der Waals surface area contributed by atoms with Crippen molar-refractivity contribution in [2.45, 2.75) is 37.8 Å². The average Bonchev–Trinajstić information content (AvgIpc) is 2.87. The van der Waals surface area contributed by atoms with Gasteiger partial charge in [-0.15, -0.1) is 0 Å². The van der Waals surface area contributed by atoms with Crippen molar-refractivity contribution >= 4 is 11.8 Å². The highest BCUT2D eigenvalue weighted by Crippen LogP contribution is 2.28. The first-order valence-electron chi connectivity index (χ1n) is 6.26. The van der Waals surface area contributed by atoms with Crippen molar-refractivity contribution in [2.24, 2.45) is 5.92 Å². The average molecular weight is 228 g/mol. The van der Waals surface area contributed by atoms with E-state index in [2.05, 4.69) is 36.1 Å². The summed E-state index contributed by atoms with van der Waals surface area (Å²) in [4.78, 5) is 2.61. The van der Waals surface area contributed by atoms with Crippen LogP contribution in [-0.2, 0) is 0 Å². The summed E-state index contributed by atoms with van der Waals surface area (Å²) < 4.78 is 0. The van der Waals surface area contributed by atoms with Gasteiger partial charge in [0.15, 0.2) is 0 Å². The van der Waals surface area contributed by atoms with Gasteiger partial charge in [-0.05, 0) is 45.0 Å². The van der Waals surface area contributed by atoms with Crippen LogP contribution in [0.3, 0.4) is 0 Å². The van der Waals surface area contributed by atoms with Crippen LogP contribution in [0.5, 0.6) is 0 Å². The Morgan fingerprint density at radius 2 is 2.20 bits per heavy atom. The molecule has 0 amide bonds. The molecule has 1 saturated heterocycles. The Balaban J connectivity index is 1.79. The summed E-state index contributed by atoms with van der Waals surface area (Å²) in [5.74, 6) is 3.62. The monoisotopic (exact) mass is 228 g/mol.